The monoisotopic (exact) mass is 372 g/mol. The van der Waals surface area contributed by atoms with Gasteiger partial charge in [-0.2, -0.15) is 5.26 Å². The van der Waals surface area contributed by atoms with Gasteiger partial charge in [0.05, 0.1) is 17.1 Å². The van der Waals surface area contributed by atoms with Crippen molar-refractivity contribution >= 4 is 27.3 Å². The van der Waals surface area contributed by atoms with Crippen LogP contribution in [0.25, 0.3) is 0 Å². The summed E-state index contributed by atoms with van der Waals surface area (Å²) in [6.45, 7) is 8.75. The summed E-state index contributed by atoms with van der Waals surface area (Å²) in [5.41, 5.74) is 0. The number of amides is 1. The third-order valence-corrected chi connectivity index (χ3v) is 7.02. The molecule has 0 aliphatic heterocycles. The molecule has 2 unspecified atom stereocenters. The van der Waals surface area contributed by atoms with Gasteiger partial charge < -0.3 is 10.1 Å². The maximum Gasteiger partial charge on any atom is 0.407 e. The van der Waals surface area contributed by atoms with Crippen molar-refractivity contribution in [3.05, 3.63) is 21.9 Å². The molecule has 0 fully saturated rings. The van der Waals surface area contributed by atoms with E-state index in [0.717, 1.165) is 0 Å². The zero-order valence-electron chi connectivity index (χ0n) is 14.6. The zero-order valence-corrected chi connectivity index (χ0v) is 16.2. The Morgan fingerprint density at radius 1 is 1.29 bits per heavy atom. The quantitative estimate of drug-likeness (QED) is 0.792. The summed E-state index contributed by atoms with van der Waals surface area (Å²) in [5.74, 6) is -0.247. The fourth-order valence-corrected chi connectivity index (χ4v) is 5.02. The molecule has 8 heteroatoms. The summed E-state index contributed by atoms with van der Waals surface area (Å²) in [6.07, 6.45) is -0.890. The standard InChI is InChI=1S/C16H24N2O4S2/c1-10(2)14(18-16(19)22-11(3)4)9-24(20,21)12(5)15-7-6-13(8-17)23-15/h6-7,10-12,14H,9H2,1-5H3,(H,18,19). The van der Waals surface area contributed by atoms with Gasteiger partial charge in [-0.05, 0) is 38.8 Å². The molecule has 0 bridgehead atoms. The highest BCUT2D eigenvalue weighted by Gasteiger charge is 2.30. The molecule has 1 heterocycles. The molecule has 2 atom stereocenters. The third-order valence-electron chi connectivity index (χ3n) is 3.54. The van der Waals surface area contributed by atoms with Crippen LogP contribution in [-0.2, 0) is 14.6 Å². The minimum absolute atomic E-state index is 0.0651. The van der Waals surface area contributed by atoms with Gasteiger partial charge in [0, 0.05) is 10.9 Å². The van der Waals surface area contributed by atoms with Crippen LogP contribution in [0, 0.1) is 17.2 Å². The number of nitrogens with zero attached hydrogens (tertiary/aromatic N) is 1. The number of carbonyl (C=O) groups excluding carboxylic acids is 1. The summed E-state index contributed by atoms with van der Waals surface area (Å²) in [6, 6.07) is 4.74. The van der Waals surface area contributed by atoms with E-state index in [2.05, 4.69) is 5.32 Å². The molecule has 0 aliphatic rings. The van der Waals surface area contributed by atoms with Crippen molar-refractivity contribution in [1.82, 2.24) is 5.32 Å². The Morgan fingerprint density at radius 2 is 1.92 bits per heavy atom. The van der Waals surface area contributed by atoms with Gasteiger partial charge in [0.25, 0.3) is 0 Å². The molecule has 1 N–H and O–H groups in total. The Morgan fingerprint density at radius 3 is 2.38 bits per heavy atom. The van der Waals surface area contributed by atoms with E-state index in [1.54, 1.807) is 32.9 Å². The number of carbonyl (C=O) groups is 1. The van der Waals surface area contributed by atoms with Crippen molar-refractivity contribution in [3.8, 4) is 6.07 Å². The van der Waals surface area contributed by atoms with Crippen LogP contribution in [0.4, 0.5) is 4.79 Å². The predicted molar refractivity (Wildman–Crippen MR) is 94.6 cm³/mol. The van der Waals surface area contributed by atoms with Gasteiger partial charge in [0.1, 0.15) is 10.9 Å². The highest BCUT2D eigenvalue weighted by Crippen LogP contribution is 2.29. The molecule has 1 aromatic heterocycles. The number of nitrogens with one attached hydrogen (secondary N) is 1. The first-order valence-electron chi connectivity index (χ1n) is 7.75. The molecule has 24 heavy (non-hydrogen) atoms. The molecule has 0 radical (unpaired) electrons. The zero-order chi connectivity index (χ0) is 18.5. The van der Waals surface area contributed by atoms with Gasteiger partial charge >= 0.3 is 6.09 Å². The lowest BCUT2D eigenvalue weighted by Gasteiger charge is -2.24. The van der Waals surface area contributed by atoms with Crippen molar-refractivity contribution in [2.75, 3.05) is 5.75 Å². The lowest BCUT2D eigenvalue weighted by Crippen LogP contribution is -2.44. The number of nitriles is 1. The van der Waals surface area contributed by atoms with Gasteiger partial charge in [-0.1, -0.05) is 13.8 Å². The van der Waals surface area contributed by atoms with Crippen LogP contribution in [0.2, 0.25) is 0 Å². The first kappa shape index (κ1) is 20.5. The molecule has 1 aromatic rings. The predicted octanol–water partition coefficient (Wildman–Crippen LogP) is 3.25. The lowest BCUT2D eigenvalue weighted by molar-refractivity contribution is 0.111. The highest BCUT2D eigenvalue weighted by atomic mass is 32.2. The van der Waals surface area contributed by atoms with Crippen molar-refractivity contribution < 1.29 is 17.9 Å². The van der Waals surface area contributed by atoms with Crippen LogP contribution in [0.15, 0.2) is 12.1 Å². The van der Waals surface area contributed by atoms with E-state index in [1.165, 1.54) is 11.3 Å². The van der Waals surface area contributed by atoms with E-state index in [4.69, 9.17) is 10.00 Å². The summed E-state index contributed by atoms with van der Waals surface area (Å²) in [4.78, 5) is 12.9. The van der Waals surface area contributed by atoms with Crippen molar-refractivity contribution in [1.29, 1.82) is 5.26 Å². The lowest BCUT2D eigenvalue weighted by atomic mass is 10.1. The van der Waals surface area contributed by atoms with Gasteiger partial charge in [0.2, 0.25) is 0 Å². The average Bonchev–Trinajstić information content (AvgIpc) is 2.93. The fraction of sp³-hybridized carbons (Fsp3) is 0.625. The van der Waals surface area contributed by atoms with Crippen LogP contribution in [0.5, 0.6) is 0 Å². The normalized spacial score (nSPS) is 14.2. The molecule has 6 nitrogen and oxygen atoms in total. The van der Waals surface area contributed by atoms with E-state index in [9.17, 15) is 13.2 Å². The van der Waals surface area contributed by atoms with Crippen molar-refractivity contribution in [2.24, 2.45) is 5.92 Å². The maximum atomic E-state index is 12.7. The summed E-state index contributed by atoms with van der Waals surface area (Å²) in [7, 11) is -3.50. The molecule has 0 saturated carbocycles. The highest BCUT2D eigenvalue weighted by molar-refractivity contribution is 7.91. The van der Waals surface area contributed by atoms with Gasteiger partial charge in [-0.15, -0.1) is 11.3 Å². The van der Waals surface area contributed by atoms with E-state index < -0.39 is 27.2 Å². The number of sulfone groups is 1. The average molecular weight is 373 g/mol. The molecule has 0 saturated heterocycles. The van der Waals surface area contributed by atoms with Crippen molar-refractivity contribution in [2.45, 2.75) is 52.0 Å². The first-order chi connectivity index (χ1) is 11.1. The maximum absolute atomic E-state index is 12.7. The molecule has 0 aromatic carbocycles. The fourth-order valence-electron chi connectivity index (χ4n) is 2.00. The summed E-state index contributed by atoms with van der Waals surface area (Å²) >= 11 is 1.17. The number of thiophene rings is 1. The minimum atomic E-state index is -3.50. The number of ether oxygens (including phenoxy) is 1. The van der Waals surface area contributed by atoms with Crippen LogP contribution in [-0.4, -0.2) is 32.4 Å². The van der Waals surface area contributed by atoms with Gasteiger partial charge in [-0.3, -0.25) is 0 Å². The van der Waals surface area contributed by atoms with E-state index >= 15 is 0 Å². The Labute approximate surface area is 147 Å². The largest absolute Gasteiger partial charge is 0.447 e. The first-order valence-corrected chi connectivity index (χ1v) is 10.3. The van der Waals surface area contributed by atoms with Crippen LogP contribution in [0.1, 0.15) is 49.6 Å². The molecule has 134 valence electrons. The molecular formula is C16H24N2O4S2. The molecule has 1 rings (SSSR count). The molecular weight excluding hydrogens is 348 g/mol. The second kappa shape index (κ2) is 8.49. The Kier molecular flexibility index (Phi) is 7.24. The van der Waals surface area contributed by atoms with Crippen LogP contribution < -0.4 is 5.32 Å². The number of hydrogen-bond donors (Lipinski definition) is 1. The second-order valence-electron chi connectivity index (χ2n) is 6.23. The summed E-state index contributed by atoms with van der Waals surface area (Å²) < 4.78 is 30.4. The number of hydrogen-bond acceptors (Lipinski definition) is 6. The smallest absolute Gasteiger partial charge is 0.407 e. The van der Waals surface area contributed by atoms with Crippen molar-refractivity contribution in [3.63, 3.8) is 0 Å². The molecule has 0 aliphatic carbocycles. The van der Waals surface area contributed by atoms with E-state index in [0.29, 0.717) is 9.75 Å². The van der Waals surface area contributed by atoms with E-state index in [-0.39, 0.29) is 17.8 Å². The van der Waals surface area contributed by atoms with Gasteiger partial charge in [0.15, 0.2) is 9.84 Å². The van der Waals surface area contributed by atoms with E-state index in [1.807, 2.05) is 19.9 Å². The number of rotatable bonds is 7. The Balaban J connectivity index is 2.87. The SMILES string of the molecule is CC(C)OC(=O)NC(CS(=O)(=O)C(C)c1ccc(C#N)s1)C(C)C. The second-order valence-corrected chi connectivity index (χ2v) is 9.72. The Hall–Kier alpha value is -1.59. The minimum Gasteiger partial charge on any atom is -0.447 e. The topological polar surface area (TPSA) is 96.3 Å². The molecule has 1 amide bonds. The third kappa shape index (κ3) is 5.80. The Bertz CT molecular complexity index is 702. The number of alkyl carbamates (subject to hydrolysis) is 1. The molecule has 0 spiro atoms. The van der Waals surface area contributed by atoms with Gasteiger partial charge in [-0.25, -0.2) is 13.2 Å². The van der Waals surface area contributed by atoms with Crippen LogP contribution >= 0.6 is 11.3 Å². The van der Waals surface area contributed by atoms with Crippen LogP contribution in [0.3, 0.4) is 0 Å². The summed E-state index contributed by atoms with van der Waals surface area (Å²) in [5, 5.41) is 10.8.